The van der Waals surface area contributed by atoms with Gasteiger partial charge in [0.25, 0.3) is 0 Å². The van der Waals surface area contributed by atoms with E-state index in [2.05, 4.69) is 20.7 Å². The van der Waals surface area contributed by atoms with E-state index in [1.807, 2.05) is 18.3 Å². The van der Waals surface area contributed by atoms with E-state index in [1.165, 1.54) is 0 Å². The first kappa shape index (κ1) is 15.6. The van der Waals surface area contributed by atoms with Gasteiger partial charge in [0.1, 0.15) is 5.82 Å². The lowest BCUT2D eigenvalue weighted by atomic mass is 9.84. The highest BCUT2D eigenvalue weighted by Crippen LogP contribution is 2.40. The van der Waals surface area contributed by atoms with E-state index >= 15 is 0 Å². The van der Waals surface area contributed by atoms with Crippen LogP contribution in [-0.2, 0) is 9.47 Å². The normalized spacial score (nSPS) is 23.3. The lowest BCUT2D eigenvalue weighted by molar-refractivity contribution is -0.144. The molecule has 2 aromatic rings. The highest BCUT2D eigenvalue weighted by atomic mass is 16.5. The van der Waals surface area contributed by atoms with Crippen LogP contribution in [-0.4, -0.2) is 47.1 Å². The first-order chi connectivity index (χ1) is 11.8. The van der Waals surface area contributed by atoms with Crippen LogP contribution < -0.4 is 4.74 Å². The molecular formula is C18H23N3O3. The summed E-state index contributed by atoms with van der Waals surface area (Å²) in [5.41, 5.74) is 0.998. The van der Waals surface area contributed by atoms with E-state index < -0.39 is 0 Å². The molecule has 128 valence electrons. The summed E-state index contributed by atoms with van der Waals surface area (Å²) in [6.45, 7) is 2.39. The number of aromatic nitrogens is 3. The molecule has 0 amide bonds. The molecule has 2 aromatic heterocycles. The molecular weight excluding hydrogens is 306 g/mol. The Hall–Kier alpha value is -1.92. The molecule has 0 saturated carbocycles. The minimum absolute atomic E-state index is 0.0291. The SMILES string of the molecule is COc1cc(-c2nccn2C2CCOC3(CCOCC3)C2)ccn1. The Labute approximate surface area is 141 Å². The van der Waals surface area contributed by atoms with Crippen molar-refractivity contribution in [1.82, 2.24) is 14.5 Å². The van der Waals surface area contributed by atoms with Crippen molar-refractivity contribution in [1.29, 1.82) is 0 Å². The van der Waals surface area contributed by atoms with E-state index in [1.54, 1.807) is 13.3 Å². The molecule has 2 aliphatic rings. The van der Waals surface area contributed by atoms with Gasteiger partial charge in [0.2, 0.25) is 5.88 Å². The summed E-state index contributed by atoms with van der Waals surface area (Å²) in [7, 11) is 1.63. The van der Waals surface area contributed by atoms with Crippen LogP contribution in [0.15, 0.2) is 30.7 Å². The van der Waals surface area contributed by atoms with Gasteiger partial charge in [-0.3, -0.25) is 0 Å². The van der Waals surface area contributed by atoms with Crippen LogP contribution in [0.3, 0.4) is 0 Å². The number of rotatable bonds is 3. The molecule has 4 heterocycles. The fourth-order valence-corrected chi connectivity index (χ4v) is 3.82. The fourth-order valence-electron chi connectivity index (χ4n) is 3.82. The van der Waals surface area contributed by atoms with Crippen LogP contribution in [0, 0.1) is 0 Å². The number of methoxy groups -OCH3 is 1. The van der Waals surface area contributed by atoms with Crippen LogP contribution in [0.2, 0.25) is 0 Å². The van der Waals surface area contributed by atoms with Crippen molar-refractivity contribution in [3.63, 3.8) is 0 Å². The molecule has 2 aliphatic heterocycles. The Morgan fingerprint density at radius 1 is 1.21 bits per heavy atom. The highest BCUT2D eigenvalue weighted by molar-refractivity contribution is 5.56. The van der Waals surface area contributed by atoms with E-state index in [9.17, 15) is 0 Å². The van der Waals surface area contributed by atoms with Crippen molar-refractivity contribution < 1.29 is 14.2 Å². The average molecular weight is 329 g/mol. The van der Waals surface area contributed by atoms with Crippen molar-refractivity contribution in [3.05, 3.63) is 30.7 Å². The molecule has 4 rings (SSSR count). The van der Waals surface area contributed by atoms with Crippen LogP contribution in [0.5, 0.6) is 5.88 Å². The van der Waals surface area contributed by atoms with E-state index in [4.69, 9.17) is 14.2 Å². The summed E-state index contributed by atoms with van der Waals surface area (Å²) < 4.78 is 19.2. The largest absolute Gasteiger partial charge is 0.481 e. The Morgan fingerprint density at radius 2 is 2.08 bits per heavy atom. The van der Waals surface area contributed by atoms with E-state index in [0.29, 0.717) is 11.9 Å². The summed E-state index contributed by atoms with van der Waals surface area (Å²) in [6, 6.07) is 4.31. The summed E-state index contributed by atoms with van der Waals surface area (Å²) in [5.74, 6) is 1.57. The molecule has 0 aromatic carbocycles. The molecule has 0 radical (unpaired) electrons. The molecule has 6 nitrogen and oxygen atoms in total. The van der Waals surface area contributed by atoms with Gasteiger partial charge >= 0.3 is 0 Å². The van der Waals surface area contributed by atoms with E-state index in [-0.39, 0.29) is 5.60 Å². The number of hydrogen-bond acceptors (Lipinski definition) is 5. The monoisotopic (exact) mass is 329 g/mol. The zero-order valence-electron chi connectivity index (χ0n) is 14.0. The Morgan fingerprint density at radius 3 is 2.92 bits per heavy atom. The summed E-state index contributed by atoms with van der Waals surface area (Å²) in [4.78, 5) is 8.77. The van der Waals surface area contributed by atoms with Gasteiger partial charge in [0.15, 0.2) is 0 Å². The van der Waals surface area contributed by atoms with Gasteiger partial charge in [-0.05, 0) is 31.7 Å². The fraction of sp³-hybridized carbons (Fsp3) is 0.556. The maximum absolute atomic E-state index is 6.17. The van der Waals surface area contributed by atoms with Gasteiger partial charge in [0, 0.05) is 56.1 Å². The molecule has 6 heteroatoms. The van der Waals surface area contributed by atoms with Crippen LogP contribution in [0.4, 0.5) is 0 Å². The second kappa shape index (κ2) is 6.53. The Kier molecular flexibility index (Phi) is 4.24. The maximum Gasteiger partial charge on any atom is 0.213 e. The predicted molar refractivity (Wildman–Crippen MR) is 89.0 cm³/mol. The second-order valence-corrected chi connectivity index (χ2v) is 6.54. The minimum Gasteiger partial charge on any atom is -0.481 e. The van der Waals surface area contributed by atoms with Gasteiger partial charge in [-0.25, -0.2) is 9.97 Å². The highest BCUT2D eigenvalue weighted by Gasteiger charge is 2.40. The van der Waals surface area contributed by atoms with Crippen molar-refractivity contribution in [2.24, 2.45) is 0 Å². The Bertz CT molecular complexity index is 689. The molecule has 24 heavy (non-hydrogen) atoms. The molecule has 2 fully saturated rings. The van der Waals surface area contributed by atoms with Crippen LogP contribution in [0.1, 0.15) is 31.7 Å². The third-order valence-corrected chi connectivity index (χ3v) is 5.14. The Balaban J connectivity index is 1.62. The molecule has 1 unspecified atom stereocenters. The van der Waals surface area contributed by atoms with Crippen molar-refractivity contribution >= 4 is 0 Å². The number of hydrogen-bond donors (Lipinski definition) is 0. The lowest BCUT2D eigenvalue weighted by Gasteiger charge is -2.43. The quantitative estimate of drug-likeness (QED) is 0.866. The molecule has 0 N–H and O–H groups in total. The van der Waals surface area contributed by atoms with Gasteiger partial charge in [-0.2, -0.15) is 0 Å². The minimum atomic E-state index is -0.0291. The first-order valence-corrected chi connectivity index (χ1v) is 8.55. The average Bonchev–Trinajstić information content (AvgIpc) is 3.12. The molecule has 2 saturated heterocycles. The predicted octanol–water partition coefficient (Wildman–Crippen LogP) is 2.85. The van der Waals surface area contributed by atoms with Gasteiger partial charge in [0.05, 0.1) is 12.7 Å². The van der Waals surface area contributed by atoms with Crippen molar-refractivity contribution in [3.8, 4) is 17.3 Å². The number of pyridine rings is 1. The topological polar surface area (TPSA) is 58.4 Å². The van der Waals surface area contributed by atoms with Crippen LogP contribution in [0.25, 0.3) is 11.4 Å². The molecule has 0 aliphatic carbocycles. The lowest BCUT2D eigenvalue weighted by Crippen LogP contribution is -2.44. The number of imidazole rings is 1. The van der Waals surface area contributed by atoms with E-state index in [0.717, 1.165) is 56.9 Å². The maximum atomic E-state index is 6.17. The standard InChI is InChI=1S/C18H23N3O3/c1-22-16-12-14(2-6-19-16)17-20-7-8-21(17)15-3-9-24-18(13-15)4-10-23-11-5-18/h2,6-8,12,15H,3-5,9-11,13H2,1H3. The van der Waals surface area contributed by atoms with Crippen LogP contribution >= 0.6 is 0 Å². The third-order valence-electron chi connectivity index (χ3n) is 5.14. The summed E-state index contributed by atoms with van der Waals surface area (Å²) in [6.07, 6.45) is 9.69. The van der Waals surface area contributed by atoms with Gasteiger partial charge in [-0.1, -0.05) is 0 Å². The van der Waals surface area contributed by atoms with Gasteiger partial charge < -0.3 is 18.8 Å². The molecule has 1 atom stereocenters. The van der Waals surface area contributed by atoms with Gasteiger partial charge in [-0.15, -0.1) is 0 Å². The molecule has 0 bridgehead atoms. The smallest absolute Gasteiger partial charge is 0.213 e. The summed E-state index contributed by atoms with van der Waals surface area (Å²) >= 11 is 0. The third kappa shape index (κ3) is 2.91. The number of ether oxygens (including phenoxy) is 3. The summed E-state index contributed by atoms with van der Waals surface area (Å²) in [5, 5.41) is 0. The molecule has 1 spiro atoms. The zero-order valence-corrected chi connectivity index (χ0v) is 14.0. The first-order valence-electron chi connectivity index (χ1n) is 8.55. The van der Waals surface area contributed by atoms with Crippen molar-refractivity contribution in [2.45, 2.75) is 37.3 Å². The zero-order chi connectivity index (χ0) is 16.4. The number of nitrogens with zero attached hydrogens (tertiary/aromatic N) is 3. The van der Waals surface area contributed by atoms with Crippen molar-refractivity contribution in [2.75, 3.05) is 26.9 Å². The second-order valence-electron chi connectivity index (χ2n) is 6.54.